The van der Waals surface area contributed by atoms with E-state index < -0.39 is 11.0 Å². The lowest BCUT2D eigenvalue weighted by Gasteiger charge is -2.09. The van der Waals surface area contributed by atoms with Gasteiger partial charge in [-0.1, -0.05) is 17.7 Å². The summed E-state index contributed by atoms with van der Waals surface area (Å²) in [4.78, 5) is 10.0. The van der Waals surface area contributed by atoms with Gasteiger partial charge >= 0.3 is 0 Å². The Labute approximate surface area is 104 Å². The van der Waals surface area contributed by atoms with Gasteiger partial charge in [-0.15, -0.1) is 12.4 Å². The molecule has 0 aromatic heterocycles. The molecule has 7 heteroatoms. The normalized spacial score (nSPS) is 11.7. The van der Waals surface area contributed by atoms with Crippen LogP contribution in [-0.4, -0.2) is 16.6 Å². The molecule has 0 aliphatic carbocycles. The number of halogens is 2. The van der Waals surface area contributed by atoms with Gasteiger partial charge in [0.25, 0.3) is 5.69 Å². The first-order valence-electron chi connectivity index (χ1n) is 4.36. The van der Waals surface area contributed by atoms with Gasteiger partial charge in [0.2, 0.25) is 0 Å². The number of nitrogens with two attached hydrogens (primary N) is 1. The van der Waals surface area contributed by atoms with Gasteiger partial charge in [0.05, 0.1) is 4.92 Å². The lowest BCUT2D eigenvalue weighted by Crippen LogP contribution is -2.12. The van der Waals surface area contributed by atoms with Gasteiger partial charge in [-0.25, -0.2) is 0 Å². The maximum absolute atomic E-state index is 10.6. The molecule has 0 aliphatic heterocycles. The second-order valence-corrected chi connectivity index (χ2v) is 3.49. The Morgan fingerprint density at radius 1 is 1.56 bits per heavy atom. The van der Waals surface area contributed by atoms with Crippen molar-refractivity contribution in [2.75, 3.05) is 6.61 Å². The highest BCUT2D eigenvalue weighted by molar-refractivity contribution is 6.32. The molecule has 0 amide bonds. The van der Waals surface area contributed by atoms with Crippen molar-refractivity contribution >= 4 is 29.7 Å². The largest absolute Gasteiger partial charge is 0.396 e. The van der Waals surface area contributed by atoms with E-state index in [0.29, 0.717) is 12.0 Å². The highest BCUT2D eigenvalue weighted by atomic mass is 35.5. The van der Waals surface area contributed by atoms with Gasteiger partial charge in [0.15, 0.2) is 0 Å². The topological polar surface area (TPSA) is 89.4 Å². The molecule has 0 heterocycles. The van der Waals surface area contributed by atoms with Crippen molar-refractivity contribution in [1.29, 1.82) is 0 Å². The second kappa shape index (κ2) is 6.65. The van der Waals surface area contributed by atoms with Crippen LogP contribution in [0.25, 0.3) is 0 Å². The Bertz CT molecular complexity index is 374. The zero-order valence-electron chi connectivity index (χ0n) is 8.30. The van der Waals surface area contributed by atoms with E-state index in [4.69, 9.17) is 22.4 Å². The Morgan fingerprint density at radius 3 is 2.69 bits per heavy atom. The standard InChI is InChI=1S/C9H11ClN2O3.ClH/c10-7-2-1-6(8(11)3-4-13)5-9(7)12(14)15;/h1-2,5,8,13H,3-4,11H2;1H. The number of benzene rings is 1. The summed E-state index contributed by atoms with van der Waals surface area (Å²) in [7, 11) is 0. The molecular weight excluding hydrogens is 255 g/mol. The minimum Gasteiger partial charge on any atom is -0.396 e. The predicted molar refractivity (Wildman–Crippen MR) is 64.0 cm³/mol. The van der Waals surface area contributed by atoms with Crippen LogP contribution in [-0.2, 0) is 0 Å². The van der Waals surface area contributed by atoms with Gasteiger partial charge in [-0.05, 0) is 18.1 Å². The fourth-order valence-electron chi connectivity index (χ4n) is 1.21. The number of hydrogen-bond donors (Lipinski definition) is 2. The molecule has 0 radical (unpaired) electrons. The van der Waals surface area contributed by atoms with Crippen molar-refractivity contribution in [2.45, 2.75) is 12.5 Å². The molecule has 0 bridgehead atoms. The van der Waals surface area contributed by atoms with Crippen LogP contribution in [0, 0.1) is 10.1 Å². The van der Waals surface area contributed by atoms with E-state index in [0.717, 1.165) is 0 Å². The number of aliphatic hydroxyl groups excluding tert-OH is 1. The second-order valence-electron chi connectivity index (χ2n) is 3.09. The van der Waals surface area contributed by atoms with E-state index in [-0.39, 0.29) is 29.7 Å². The SMILES string of the molecule is Cl.NC(CCO)c1ccc(Cl)c([N+](=O)[O-])c1. The quantitative estimate of drug-likeness (QED) is 0.645. The molecular formula is C9H12Cl2N2O3. The van der Waals surface area contributed by atoms with Crippen molar-refractivity contribution in [3.8, 4) is 0 Å². The third-order valence-electron chi connectivity index (χ3n) is 2.04. The fourth-order valence-corrected chi connectivity index (χ4v) is 1.39. The van der Waals surface area contributed by atoms with E-state index in [1.807, 2.05) is 0 Å². The van der Waals surface area contributed by atoms with E-state index >= 15 is 0 Å². The summed E-state index contributed by atoms with van der Waals surface area (Å²) < 4.78 is 0. The summed E-state index contributed by atoms with van der Waals surface area (Å²) in [5.41, 5.74) is 6.13. The zero-order chi connectivity index (χ0) is 11.4. The van der Waals surface area contributed by atoms with Crippen molar-refractivity contribution in [3.05, 3.63) is 38.9 Å². The molecule has 5 nitrogen and oxygen atoms in total. The van der Waals surface area contributed by atoms with Crippen LogP contribution < -0.4 is 5.73 Å². The smallest absolute Gasteiger partial charge is 0.288 e. The van der Waals surface area contributed by atoms with Crippen molar-refractivity contribution in [2.24, 2.45) is 5.73 Å². The summed E-state index contributed by atoms with van der Waals surface area (Å²) in [6.45, 7) is -0.0579. The molecule has 16 heavy (non-hydrogen) atoms. The van der Waals surface area contributed by atoms with Crippen molar-refractivity contribution < 1.29 is 10.0 Å². The van der Waals surface area contributed by atoms with Crippen LogP contribution in [0.3, 0.4) is 0 Å². The van der Waals surface area contributed by atoms with Gasteiger partial charge in [0.1, 0.15) is 5.02 Å². The number of nitrogens with zero attached hydrogens (tertiary/aromatic N) is 1. The van der Waals surface area contributed by atoms with E-state index in [2.05, 4.69) is 0 Å². The Balaban J connectivity index is 0.00000225. The maximum Gasteiger partial charge on any atom is 0.288 e. The number of nitro benzene ring substituents is 1. The molecule has 1 aromatic carbocycles. The summed E-state index contributed by atoms with van der Waals surface area (Å²) in [5, 5.41) is 19.4. The lowest BCUT2D eigenvalue weighted by molar-refractivity contribution is -0.384. The number of aliphatic hydroxyl groups is 1. The first kappa shape index (κ1) is 15.1. The Hall–Kier alpha value is -0.880. The van der Waals surface area contributed by atoms with Crippen LogP contribution in [0.4, 0.5) is 5.69 Å². The highest BCUT2D eigenvalue weighted by Crippen LogP contribution is 2.27. The molecule has 1 unspecified atom stereocenters. The van der Waals surface area contributed by atoms with Crippen molar-refractivity contribution in [3.63, 3.8) is 0 Å². The number of hydrogen-bond acceptors (Lipinski definition) is 4. The molecule has 0 fully saturated rings. The fraction of sp³-hybridized carbons (Fsp3) is 0.333. The number of rotatable bonds is 4. The minimum absolute atomic E-state index is 0. The summed E-state index contributed by atoms with van der Waals surface area (Å²) in [6, 6.07) is 3.98. The first-order chi connectivity index (χ1) is 7.06. The van der Waals surface area contributed by atoms with Crippen LogP contribution in [0.15, 0.2) is 18.2 Å². The first-order valence-corrected chi connectivity index (χ1v) is 4.74. The summed E-state index contributed by atoms with van der Waals surface area (Å²) in [5.74, 6) is 0. The molecule has 0 saturated carbocycles. The molecule has 1 aromatic rings. The maximum atomic E-state index is 10.6. The lowest BCUT2D eigenvalue weighted by atomic mass is 10.0. The molecule has 3 N–H and O–H groups in total. The van der Waals surface area contributed by atoms with E-state index in [1.54, 1.807) is 6.07 Å². The molecule has 0 aliphatic rings. The summed E-state index contributed by atoms with van der Waals surface area (Å²) in [6.07, 6.45) is 0.360. The van der Waals surface area contributed by atoms with E-state index in [9.17, 15) is 10.1 Å². The van der Waals surface area contributed by atoms with Crippen LogP contribution in [0.1, 0.15) is 18.0 Å². The average Bonchev–Trinajstić information content (AvgIpc) is 2.18. The van der Waals surface area contributed by atoms with Gasteiger partial charge < -0.3 is 10.8 Å². The Morgan fingerprint density at radius 2 is 2.19 bits per heavy atom. The minimum atomic E-state index is -0.558. The predicted octanol–water partition coefficient (Wildman–Crippen LogP) is 2.05. The highest BCUT2D eigenvalue weighted by Gasteiger charge is 2.15. The molecule has 0 saturated heterocycles. The molecule has 1 atom stereocenters. The third kappa shape index (κ3) is 3.61. The molecule has 1 rings (SSSR count). The number of nitro groups is 1. The van der Waals surface area contributed by atoms with Gasteiger partial charge in [-0.2, -0.15) is 0 Å². The monoisotopic (exact) mass is 266 g/mol. The Kier molecular flexibility index (Phi) is 6.28. The molecule has 90 valence electrons. The van der Waals surface area contributed by atoms with Crippen molar-refractivity contribution in [1.82, 2.24) is 0 Å². The zero-order valence-corrected chi connectivity index (χ0v) is 9.87. The average molecular weight is 267 g/mol. The van der Waals surface area contributed by atoms with E-state index in [1.165, 1.54) is 12.1 Å². The molecule has 0 spiro atoms. The van der Waals surface area contributed by atoms with Crippen LogP contribution in [0.5, 0.6) is 0 Å². The van der Waals surface area contributed by atoms with Gasteiger partial charge in [0, 0.05) is 18.7 Å². The summed E-state index contributed by atoms with van der Waals surface area (Å²) >= 11 is 5.64. The van der Waals surface area contributed by atoms with Crippen LogP contribution >= 0.6 is 24.0 Å². The third-order valence-corrected chi connectivity index (χ3v) is 2.35. The van der Waals surface area contributed by atoms with Crippen LogP contribution in [0.2, 0.25) is 5.02 Å². The van der Waals surface area contributed by atoms with Gasteiger partial charge in [-0.3, -0.25) is 10.1 Å².